The fraction of sp³-hybridized carbons (Fsp3) is 0.917. The maximum atomic E-state index is 12.2. The van der Waals surface area contributed by atoms with Gasteiger partial charge in [0.1, 0.15) is 79.4 Å². The van der Waals surface area contributed by atoms with Gasteiger partial charge in [0, 0.05) is 0 Å². The van der Waals surface area contributed by atoms with Gasteiger partial charge in [0.2, 0.25) is 0 Å². The Balaban J connectivity index is 1.64. The van der Waals surface area contributed by atoms with Crippen LogP contribution < -0.4 is 0 Å². The van der Waals surface area contributed by atoms with Gasteiger partial charge in [0.25, 0.3) is 0 Å². The molecule has 4 heterocycles. The van der Waals surface area contributed by atoms with Gasteiger partial charge in [-0.2, -0.15) is 8.42 Å². The van der Waals surface area contributed by atoms with Crippen LogP contribution in [0.1, 0.15) is 0 Å². The summed E-state index contributed by atoms with van der Waals surface area (Å²) in [5.41, 5.74) is 0. The summed E-state index contributed by atoms with van der Waals surface area (Å²) >= 11 is 0. The number of rotatable bonds is 12. The summed E-state index contributed by atoms with van der Waals surface area (Å²) < 4.78 is 74.1. The molecule has 0 amide bonds. The maximum Gasteiger partial charge on any atom is 0.397 e. The molecule has 0 aliphatic carbocycles. The Morgan fingerprint density at radius 2 is 1.00 bits per heavy atom. The molecule has 0 bridgehead atoms. The monoisotopic (exact) mass is 774 g/mol. The second kappa shape index (κ2) is 16.6. The van der Waals surface area contributed by atoms with Crippen LogP contribution in [0.5, 0.6) is 0 Å². The Hall–Kier alpha value is -1.91. The van der Waals surface area contributed by atoms with E-state index in [4.69, 9.17) is 33.2 Å². The fourth-order valence-corrected chi connectivity index (χ4v) is 6.20. The third kappa shape index (κ3) is 8.91. The standard InChI is InChI=1S/C24H38O26S/c25-1-3-5(27)6(28)10(32)22(44-3)46-14-8(30)11(33)23(49-17(14)20(37)38)47-15-12(34)16(19(35)36)48-24(18(15)50-51(40,41)42)45-13-4(2-26)43-21(39)9(31)7(13)29/h3-18,21-34,39H,1-2H2,(H,35,36)(H,37,38)(H,40,41,42)/t3-,4-,5-,6+,7-,8-,9-,10-,11-,12-,13+,14+,15+,16+,17+,18-,21+,22+,23-,24+/m1/s1. The van der Waals surface area contributed by atoms with Crippen LogP contribution in [0.25, 0.3) is 0 Å². The molecule has 0 unspecified atom stereocenters. The van der Waals surface area contributed by atoms with Crippen molar-refractivity contribution in [2.24, 2.45) is 0 Å². The Labute approximate surface area is 285 Å². The van der Waals surface area contributed by atoms with Crippen molar-refractivity contribution in [3.05, 3.63) is 0 Å². The zero-order valence-corrected chi connectivity index (χ0v) is 26.3. The lowest BCUT2D eigenvalue weighted by molar-refractivity contribution is -0.380. The summed E-state index contributed by atoms with van der Waals surface area (Å²) in [7, 11) is -5.67. The molecule has 26 nitrogen and oxygen atoms in total. The van der Waals surface area contributed by atoms with Gasteiger partial charge < -0.3 is 99.5 Å². The van der Waals surface area contributed by atoms with Crippen molar-refractivity contribution in [3.8, 4) is 0 Å². The van der Waals surface area contributed by atoms with Crippen LogP contribution in [0.3, 0.4) is 0 Å². The average Bonchev–Trinajstić information content (AvgIpc) is 3.05. The Morgan fingerprint density at radius 3 is 1.55 bits per heavy atom. The van der Waals surface area contributed by atoms with Gasteiger partial charge in [-0.25, -0.2) is 13.8 Å². The summed E-state index contributed by atoms with van der Waals surface area (Å²) in [6.45, 7) is -2.00. The smallest absolute Gasteiger partial charge is 0.397 e. The normalized spacial score (nSPS) is 48.2. The van der Waals surface area contributed by atoms with Crippen molar-refractivity contribution in [1.29, 1.82) is 0 Å². The number of aliphatic carboxylic acids is 2. The fourth-order valence-electron chi connectivity index (χ4n) is 5.72. The molecule has 4 aliphatic rings. The largest absolute Gasteiger partial charge is 0.479 e. The molecule has 0 spiro atoms. The van der Waals surface area contributed by atoms with Crippen LogP contribution in [-0.2, 0) is 57.3 Å². The minimum absolute atomic E-state index is 0.937. The number of hydrogen-bond donors (Lipinski definition) is 14. The summed E-state index contributed by atoms with van der Waals surface area (Å²) in [5, 5.41) is 132. The molecule has 27 heteroatoms. The van der Waals surface area contributed by atoms with Gasteiger partial charge in [-0.1, -0.05) is 0 Å². The van der Waals surface area contributed by atoms with Gasteiger partial charge in [-0.3, -0.25) is 4.55 Å². The maximum absolute atomic E-state index is 12.2. The second-order valence-corrected chi connectivity index (χ2v) is 12.8. The molecule has 0 saturated carbocycles. The first kappa shape index (κ1) is 41.8. The van der Waals surface area contributed by atoms with Gasteiger partial charge in [0.15, 0.2) is 43.5 Å². The second-order valence-electron chi connectivity index (χ2n) is 11.7. The van der Waals surface area contributed by atoms with E-state index in [1.807, 2.05) is 0 Å². The zero-order chi connectivity index (χ0) is 38.3. The van der Waals surface area contributed by atoms with Gasteiger partial charge in [-0.05, 0) is 0 Å². The predicted molar refractivity (Wildman–Crippen MR) is 145 cm³/mol. The summed E-state index contributed by atoms with van der Waals surface area (Å²) in [5.74, 6) is -3.99. The predicted octanol–water partition coefficient (Wildman–Crippen LogP) is -9.74. The number of aliphatic hydroxyl groups is 11. The van der Waals surface area contributed by atoms with E-state index in [-0.39, 0.29) is 0 Å². The molecule has 0 aromatic rings. The SMILES string of the molecule is O=C(O)[C@H]1O[C@H](O[C@@H]2[C@H](O)[C@@H](O)[C@@H](O)O[C@@H]2CO)[C@H](OS(=O)(=O)O)[C@@H](O[C@@H]2O[C@H](C(=O)O)[C@@H](O[C@@H]3O[C@H](CO)[C@@H](O)[C@H](O)[C@H]3O)[C@H](O)[C@H]2O)[C@H]1O. The molecule has 14 N–H and O–H groups in total. The first-order chi connectivity index (χ1) is 23.7. The van der Waals surface area contributed by atoms with Crippen LogP contribution in [0, 0.1) is 0 Å². The molecular formula is C24H38O26S. The third-order valence-corrected chi connectivity index (χ3v) is 8.81. The van der Waals surface area contributed by atoms with Crippen LogP contribution in [0.4, 0.5) is 0 Å². The number of ether oxygens (including phenoxy) is 7. The summed E-state index contributed by atoms with van der Waals surface area (Å²) in [6, 6.07) is 0. The molecule has 20 atom stereocenters. The van der Waals surface area contributed by atoms with E-state index in [0.717, 1.165) is 0 Å². The van der Waals surface area contributed by atoms with Crippen molar-refractivity contribution >= 4 is 22.3 Å². The van der Waals surface area contributed by atoms with E-state index in [9.17, 15) is 88.9 Å². The van der Waals surface area contributed by atoms with E-state index < -0.39 is 158 Å². The molecule has 51 heavy (non-hydrogen) atoms. The minimum atomic E-state index is -5.67. The summed E-state index contributed by atoms with van der Waals surface area (Å²) in [6.07, 6.45) is -44.6. The van der Waals surface area contributed by atoms with Crippen LogP contribution in [0.15, 0.2) is 0 Å². The van der Waals surface area contributed by atoms with Gasteiger partial charge in [-0.15, -0.1) is 0 Å². The topological polar surface area (TPSA) is 425 Å². The first-order valence-corrected chi connectivity index (χ1v) is 16.1. The van der Waals surface area contributed by atoms with E-state index >= 15 is 0 Å². The quantitative estimate of drug-likeness (QED) is 0.0818. The molecule has 4 fully saturated rings. The number of carboxylic acid groups (broad SMARTS) is 2. The van der Waals surface area contributed by atoms with Crippen molar-refractivity contribution < 1.29 is 126 Å². The highest BCUT2D eigenvalue weighted by atomic mass is 32.3. The minimum Gasteiger partial charge on any atom is -0.479 e. The number of hydrogen-bond acceptors (Lipinski definition) is 23. The molecule has 0 aromatic heterocycles. The highest BCUT2D eigenvalue weighted by Crippen LogP contribution is 2.36. The molecule has 296 valence electrons. The van der Waals surface area contributed by atoms with Crippen LogP contribution in [0.2, 0.25) is 0 Å². The lowest BCUT2D eigenvalue weighted by atomic mass is 9.95. The van der Waals surface area contributed by atoms with E-state index in [1.54, 1.807) is 0 Å². The van der Waals surface area contributed by atoms with Crippen molar-refractivity contribution in [1.82, 2.24) is 0 Å². The molecule has 4 saturated heterocycles. The number of carboxylic acids is 2. The molecule has 0 aromatic carbocycles. The lowest BCUT2D eigenvalue weighted by Gasteiger charge is -2.48. The number of aliphatic hydroxyl groups excluding tert-OH is 11. The van der Waals surface area contributed by atoms with Crippen molar-refractivity contribution in [2.45, 2.75) is 123 Å². The average molecular weight is 775 g/mol. The number of carbonyl (C=O) groups is 2. The molecular weight excluding hydrogens is 736 g/mol. The van der Waals surface area contributed by atoms with E-state index in [0.29, 0.717) is 0 Å². The van der Waals surface area contributed by atoms with Crippen molar-refractivity contribution in [2.75, 3.05) is 13.2 Å². The van der Waals surface area contributed by atoms with E-state index in [1.165, 1.54) is 0 Å². The highest BCUT2D eigenvalue weighted by Gasteiger charge is 2.58. The first-order valence-electron chi connectivity index (χ1n) is 14.8. The van der Waals surface area contributed by atoms with Gasteiger partial charge in [0.05, 0.1) is 13.2 Å². The molecule has 4 aliphatic heterocycles. The lowest BCUT2D eigenvalue weighted by Crippen LogP contribution is -2.68. The summed E-state index contributed by atoms with van der Waals surface area (Å²) in [4.78, 5) is 24.2. The highest BCUT2D eigenvalue weighted by molar-refractivity contribution is 7.80. The van der Waals surface area contributed by atoms with Gasteiger partial charge >= 0.3 is 22.3 Å². The third-order valence-electron chi connectivity index (χ3n) is 8.35. The zero-order valence-electron chi connectivity index (χ0n) is 25.5. The Kier molecular flexibility index (Phi) is 13.6. The Morgan fingerprint density at radius 1 is 0.510 bits per heavy atom. The van der Waals surface area contributed by atoms with Crippen LogP contribution >= 0.6 is 0 Å². The van der Waals surface area contributed by atoms with Crippen molar-refractivity contribution in [3.63, 3.8) is 0 Å². The molecule has 4 rings (SSSR count). The molecule has 0 radical (unpaired) electrons. The Bertz CT molecular complexity index is 1300. The van der Waals surface area contributed by atoms with E-state index in [2.05, 4.69) is 4.18 Å². The van der Waals surface area contributed by atoms with Crippen LogP contribution in [-0.4, -0.2) is 227 Å².